The first-order valence-electron chi connectivity index (χ1n) is 10.5. The lowest BCUT2D eigenvalue weighted by molar-refractivity contribution is -0.116. The van der Waals surface area contributed by atoms with Gasteiger partial charge in [-0.1, -0.05) is 41.4 Å². The third-order valence-electron chi connectivity index (χ3n) is 4.78. The summed E-state index contributed by atoms with van der Waals surface area (Å²) in [4.78, 5) is 18.7. The molecule has 7 nitrogen and oxygen atoms in total. The largest absolute Gasteiger partial charge is 0.463 e. The smallest absolute Gasteiger partial charge is 0.239 e. The molecule has 2 aromatic carbocycles. The molecule has 2 aromatic rings. The van der Waals surface area contributed by atoms with E-state index >= 15 is 0 Å². The van der Waals surface area contributed by atoms with E-state index in [1.807, 2.05) is 36.4 Å². The maximum atomic E-state index is 12.9. The van der Waals surface area contributed by atoms with Gasteiger partial charge in [-0.15, -0.1) is 11.8 Å². The van der Waals surface area contributed by atoms with Gasteiger partial charge >= 0.3 is 0 Å². The number of halogens is 2. The minimum Gasteiger partial charge on any atom is -0.463 e. The van der Waals surface area contributed by atoms with Crippen LogP contribution in [0.4, 0.5) is 5.69 Å². The van der Waals surface area contributed by atoms with Gasteiger partial charge in [-0.05, 0) is 35.4 Å². The minimum atomic E-state index is -0.124. The van der Waals surface area contributed by atoms with Crippen LogP contribution in [0.3, 0.4) is 0 Å². The Balaban J connectivity index is 1.61. The lowest BCUT2D eigenvalue weighted by Crippen LogP contribution is -2.34. The summed E-state index contributed by atoms with van der Waals surface area (Å²) in [6.45, 7) is 2.96. The van der Waals surface area contributed by atoms with Crippen LogP contribution in [0.5, 0.6) is 0 Å². The molecule has 1 heterocycles. The van der Waals surface area contributed by atoms with Crippen LogP contribution in [0.1, 0.15) is 16.4 Å². The van der Waals surface area contributed by atoms with Crippen LogP contribution in [-0.4, -0.2) is 64.3 Å². The normalized spacial score (nSPS) is 16.2. The number of carbonyl (C=O) groups is 1. The van der Waals surface area contributed by atoms with E-state index < -0.39 is 0 Å². The van der Waals surface area contributed by atoms with E-state index in [0.29, 0.717) is 49.6 Å². The molecule has 0 saturated heterocycles. The fraction of sp³-hybridized carbons (Fsp3) is 0.391. The van der Waals surface area contributed by atoms with E-state index in [9.17, 15) is 4.79 Å². The molecule has 33 heavy (non-hydrogen) atoms. The number of hydrogen-bond donors (Lipinski definition) is 1. The highest BCUT2D eigenvalue weighted by atomic mass is 35.5. The molecule has 0 radical (unpaired) electrons. The van der Waals surface area contributed by atoms with Crippen molar-refractivity contribution in [2.45, 2.75) is 5.25 Å². The van der Waals surface area contributed by atoms with Gasteiger partial charge in [0.25, 0.3) is 0 Å². The minimum absolute atomic E-state index is 0.0422. The van der Waals surface area contributed by atoms with Gasteiger partial charge in [0.15, 0.2) is 13.1 Å². The Morgan fingerprint density at radius 1 is 1.09 bits per heavy atom. The molecule has 2 N–H and O–H groups in total. The predicted molar refractivity (Wildman–Crippen MR) is 135 cm³/mol. The molecular weight excluding hydrogens is 485 g/mol. The molecule has 178 valence electrons. The number of carbonyl (C=O) groups excluding carboxylic acids is 1. The van der Waals surface area contributed by atoms with Crippen molar-refractivity contribution >= 4 is 53.0 Å². The summed E-state index contributed by atoms with van der Waals surface area (Å²) in [7, 11) is 0. The summed E-state index contributed by atoms with van der Waals surface area (Å²) < 4.78 is 16.2. The Morgan fingerprint density at radius 2 is 1.88 bits per heavy atom. The van der Waals surface area contributed by atoms with E-state index in [-0.39, 0.29) is 23.6 Å². The van der Waals surface area contributed by atoms with Gasteiger partial charge in [0, 0.05) is 16.6 Å². The molecule has 0 bridgehead atoms. The van der Waals surface area contributed by atoms with Crippen LogP contribution in [-0.2, 0) is 19.0 Å². The van der Waals surface area contributed by atoms with Crippen molar-refractivity contribution < 1.29 is 19.0 Å². The number of benzene rings is 2. The van der Waals surface area contributed by atoms with Gasteiger partial charge in [-0.25, -0.2) is 0 Å². The number of hydrogen-bond acceptors (Lipinski definition) is 7. The van der Waals surface area contributed by atoms with E-state index in [0.717, 1.165) is 16.8 Å². The van der Waals surface area contributed by atoms with E-state index in [2.05, 4.69) is 4.99 Å². The maximum absolute atomic E-state index is 12.9. The number of nitrogens with two attached hydrogens (primary N) is 1. The predicted octanol–water partition coefficient (Wildman–Crippen LogP) is 4.16. The fourth-order valence-corrected chi connectivity index (χ4v) is 4.97. The number of aliphatic imine (C=N–C) groups is 1. The van der Waals surface area contributed by atoms with Crippen molar-refractivity contribution in [3.8, 4) is 0 Å². The highest BCUT2D eigenvalue weighted by molar-refractivity contribution is 8.00. The molecular formula is C23H27Cl2N3O4S. The van der Waals surface area contributed by atoms with Crippen molar-refractivity contribution in [2.24, 2.45) is 10.7 Å². The Bertz CT molecular complexity index is 948. The Hall–Kier alpha value is -1.81. The van der Waals surface area contributed by atoms with Crippen molar-refractivity contribution in [1.82, 2.24) is 0 Å². The van der Waals surface area contributed by atoms with Gasteiger partial charge in [0.1, 0.15) is 0 Å². The third-order valence-corrected chi connectivity index (χ3v) is 6.61. The number of nitrogens with zero attached hydrogens (tertiary/aromatic N) is 2. The highest BCUT2D eigenvalue weighted by Gasteiger charge is 2.30. The maximum Gasteiger partial charge on any atom is 0.239 e. The van der Waals surface area contributed by atoms with Crippen molar-refractivity contribution in [2.75, 3.05) is 56.9 Å². The third kappa shape index (κ3) is 7.60. The van der Waals surface area contributed by atoms with Crippen LogP contribution >= 0.6 is 35.0 Å². The van der Waals surface area contributed by atoms with Gasteiger partial charge < -0.3 is 19.9 Å². The molecule has 1 amide bonds. The zero-order valence-electron chi connectivity index (χ0n) is 18.1. The second-order valence-electron chi connectivity index (χ2n) is 7.06. The number of fused-ring (bicyclic) bond motifs is 1. The second-order valence-corrected chi connectivity index (χ2v) is 9.00. The van der Waals surface area contributed by atoms with E-state index in [1.54, 1.807) is 11.0 Å². The van der Waals surface area contributed by atoms with Crippen LogP contribution in [0.15, 0.2) is 47.5 Å². The monoisotopic (exact) mass is 511 g/mol. The van der Waals surface area contributed by atoms with Gasteiger partial charge in [-0.3, -0.25) is 14.7 Å². The standard InChI is InChI=1S/C23H27Cl2N3O4S/c24-17-5-6-21-19(13-17)23(18-3-1-2-4-20(18)25)33-14-22(29)28(21)16-32-15-27-8-10-31-12-11-30-9-7-26/h1-6,13,15,23H,7-12,14,16,26H2. The topological polar surface area (TPSA) is 86.4 Å². The van der Waals surface area contributed by atoms with Gasteiger partial charge in [-0.2, -0.15) is 0 Å². The second kappa shape index (κ2) is 13.8. The SMILES string of the molecule is NCCOCCOCCN=COCN1C(=O)CSC(c2ccccc2Cl)c2cc(Cl)ccc21. The first-order valence-corrected chi connectivity index (χ1v) is 12.3. The molecule has 10 heteroatoms. The fourth-order valence-electron chi connectivity index (χ4n) is 3.26. The summed E-state index contributed by atoms with van der Waals surface area (Å²) in [5, 5.41) is 1.12. The number of rotatable bonds is 12. The van der Waals surface area contributed by atoms with Crippen LogP contribution in [0.25, 0.3) is 0 Å². The number of anilines is 1. The average Bonchev–Trinajstić information content (AvgIpc) is 2.94. The molecule has 1 aliphatic rings. The Kier molecular flexibility index (Phi) is 10.8. The molecule has 0 saturated carbocycles. The average molecular weight is 512 g/mol. The van der Waals surface area contributed by atoms with Gasteiger partial charge in [0.05, 0.1) is 49.7 Å². The Labute approximate surface area is 208 Å². The summed E-state index contributed by atoms with van der Waals surface area (Å²) in [5.74, 6) is 0.218. The van der Waals surface area contributed by atoms with Crippen LogP contribution in [0.2, 0.25) is 10.0 Å². The summed E-state index contributed by atoms with van der Waals surface area (Å²) in [5.41, 5.74) is 7.95. The first-order chi connectivity index (χ1) is 16.1. The van der Waals surface area contributed by atoms with Crippen LogP contribution in [0, 0.1) is 0 Å². The molecule has 0 spiro atoms. The number of amides is 1. The van der Waals surface area contributed by atoms with E-state index in [4.69, 9.17) is 43.1 Å². The molecule has 0 aromatic heterocycles. The summed E-state index contributed by atoms with van der Waals surface area (Å²) in [6, 6.07) is 13.1. The summed E-state index contributed by atoms with van der Waals surface area (Å²) >= 11 is 14.3. The summed E-state index contributed by atoms with van der Waals surface area (Å²) in [6.07, 6.45) is 1.35. The molecule has 1 atom stereocenters. The number of thioether (sulfide) groups is 1. The quantitative estimate of drug-likeness (QED) is 0.261. The first kappa shape index (κ1) is 25.8. The highest BCUT2D eigenvalue weighted by Crippen LogP contribution is 2.46. The molecule has 0 aliphatic carbocycles. The zero-order valence-corrected chi connectivity index (χ0v) is 20.5. The molecule has 3 rings (SSSR count). The van der Waals surface area contributed by atoms with Crippen molar-refractivity contribution in [1.29, 1.82) is 0 Å². The van der Waals surface area contributed by atoms with Crippen molar-refractivity contribution in [3.05, 3.63) is 63.6 Å². The van der Waals surface area contributed by atoms with Crippen molar-refractivity contribution in [3.63, 3.8) is 0 Å². The number of ether oxygens (including phenoxy) is 3. The molecule has 1 unspecified atom stereocenters. The van der Waals surface area contributed by atoms with E-state index in [1.165, 1.54) is 18.2 Å². The Morgan fingerprint density at radius 3 is 2.67 bits per heavy atom. The van der Waals surface area contributed by atoms with Gasteiger partial charge in [0.2, 0.25) is 5.91 Å². The lowest BCUT2D eigenvalue weighted by Gasteiger charge is -2.23. The lowest BCUT2D eigenvalue weighted by atomic mass is 10.0. The molecule has 1 aliphatic heterocycles. The molecule has 0 fully saturated rings. The zero-order chi connectivity index (χ0) is 23.5. The van der Waals surface area contributed by atoms with Crippen LogP contribution < -0.4 is 10.6 Å².